The van der Waals surface area contributed by atoms with E-state index in [2.05, 4.69) is 16.1 Å². The molecule has 0 unspecified atom stereocenters. The van der Waals surface area contributed by atoms with E-state index < -0.39 is 10.0 Å². The molecule has 0 saturated heterocycles. The molecule has 0 fully saturated rings. The van der Waals surface area contributed by atoms with E-state index in [1.807, 2.05) is 32.0 Å². The molecule has 6 nitrogen and oxygen atoms in total. The summed E-state index contributed by atoms with van der Waals surface area (Å²) in [5.41, 5.74) is 3.32. The van der Waals surface area contributed by atoms with Crippen molar-refractivity contribution in [2.45, 2.75) is 31.3 Å². The van der Waals surface area contributed by atoms with E-state index >= 15 is 0 Å². The Morgan fingerprint density at radius 2 is 1.79 bits per heavy atom. The summed E-state index contributed by atoms with van der Waals surface area (Å²) < 4.78 is 28.3. The van der Waals surface area contributed by atoms with E-state index in [-0.39, 0.29) is 17.5 Å². The first-order valence-electron chi connectivity index (χ1n) is 9.27. The predicted octanol–water partition coefficient (Wildman–Crippen LogP) is 1.87. The molecular formula is C21H29N3O3S. The van der Waals surface area contributed by atoms with Crippen LogP contribution in [0.4, 0.5) is 0 Å². The zero-order chi connectivity index (χ0) is 20.6. The van der Waals surface area contributed by atoms with Crippen LogP contribution in [0.1, 0.15) is 16.7 Å². The number of aldehydes is 1. The van der Waals surface area contributed by atoms with Crippen LogP contribution in [0.15, 0.2) is 53.4 Å². The number of nitrogens with one attached hydrogen (secondary N) is 2. The Kier molecular flexibility index (Phi) is 8.32. The summed E-state index contributed by atoms with van der Waals surface area (Å²) in [5.74, 6) is 0. The van der Waals surface area contributed by atoms with Gasteiger partial charge in [0.2, 0.25) is 10.0 Å². The molecule has 0 spiro atoms. The third-order valence-electron chi connectivity index (χ3n) is 4.37. The quantitative estimate of drug-likeness (QED) is 0.560. The lowest BCUT2D eigenvalue weighted by Gasteiger charge is -2.24. The zero-order valence-corrected chi connectivity index (χ0v) is 17.5. The topological polar surface area (TPSA) is 78.5 Å². The summed E-state index contributed by atoms with van der Waals surface area (Å²) >= 11 is 0. The fourth-order valence-corrected chi connectivity index (χ4v) is 4.17. The SMILES string of the molecule is Cc1ccc(S(=O)(=O)N[C@@H](CNCc2cccc(C)c2)CN(C)CC=O)cc1. The summed E-state index contributed by atoms with van der Waals surface area (Å²) in [6.07, 6.45) is 0.811. The highest BCUT2D eigenvalue weighted by Crippen LogP contribution is 2.11. The first-order valence-corrected chi connectivity index (χ1v) is 10.8. The Bertz CT molecular complexity index is 867. The fourth-order valence-electron chi connectivity index (χ4n) is 2.94. The number of hydrogen-bond donors (Lipinski definition) is 2. The molecule has 28 heavy (non-hydrogen) atoms. The fraction of sp³-hybridized carbons (Fsp3) is 0.381. The van der Waals surface area contributed by atoms with E-state index in [0.717, 1.165) is 17.4 Å². The molecule has 0 amide bonds. The van der Waals surface area contributed by atoms with Crippen molar-refractivity contribution in [1.29, 1.82) is 0 Å². The summed E-state index contributed by atoms with van der Waals surface area (Å²) in [5, 5.41) is 3.32. The van der Waals surface area contributed by atoms with Gasteiger partial charge in [-0.2, -0.15) is 0 Å². The van der Waals surface area contributed by atoms with Gasteiger partial charge in [0.25, 0.3) is 0 Å². The van der Waals surface area contributed by atoms with E-state index in [4.69, 9.17) is 0 Å². The van der Waals surface area contributed by atoms with Crippen molar-refractivity contribution < 1.29 is 13.2 Å². The summed E-state index contributed by atoms with van der Waals surface area (Å²) in [6.45, 7) is 5.71. The van der Waals surface area contributed by atoms with E-state index in [1.165, 1.54) is 5.56 Å². The van der Waals surface area contributed by atoms with Gasteiger partial charge in [-0.1, -0.05) is 47.5 Å². The average molecular weight is 404 g/mol. The Balaban J connectivity index is 2.05. The minimum Gasteiger partial charge on any atom is -0.311 e. The van der Waals surface area contributed by atoms with Crippen molar-refractivity contribution in [3.63, 3.8) is 0 Å². The minimum atomic E-state index is -3.64. The second-order valence-electron chi connectivity index (χ2n) is 7.14. The number of nitrogens with zero attached hydrogens (tertiary/aromatic N) is 1. The van der Waals surface area contributed by atoms with Gasteiger partial charge >= 0.3 is 0 Å². The molecule has 0 aliphatic carbocycles. The zero-order valence-electron chi connectivity index (χ0n) is 16.7. The maximum absolute atomic E-state index is 12.7. The Morgan fingerprint density at radius 1 is 1.07 bits per heavy atom. The van der Waals surface area contributed by atoms with E-state index in [0.29, 0.717) is 19.6 Å². The van der Waals surface area contributed by atoms with Crippen LogP contribution in [-0.2, 0) is 21.4 Å². The maximum Gasteiger partial charge on any atom is 0.240 e. The molecule has 7 heteroatoms. The number of carbonyl (C=O) groups is 1. The Hall–Kier alpha value is -2.06. The number of aryl methyl sites for hydroxylation is 2. The predicted molar refractivity (Wildman–Crippen MR) is 112 cm³/mol. The van der Waals surface area contributed by atoms with Gasteiger partial charge in [0.1, 0.15) is 6.29 Å². The highest BCUT2D eigenvalue weighted by Gasteiger charge is 2.21. The highest BCUT2D eigenvalue weighted by molar-refractivity contribution is 7.89. The summed E-state index contributed by atoms with van der Waals surface area (Å²) in [7, 11) is -1.85. The first-order chi connectivity index (χ1) is 13.3. The normalized spacial score (nSPS) is 12.9. The lowest BCUT2D eigenvalue weighted by molar-refractivity contribution is -0.108. The third-order valence-corrected chi connectivity index (χ3v) is 5.91. The van der Waals surface area contributed by atoms with Gasteiger partial charge < -0.3 is 10.1 Å². The standard InChI is InChI=1S/C21H29N3O3S/c1-17-7-9-21(10-8-17)28(26,27)23-20(16-24(3)11-12-25)15-22-14-19-6-4-5-18(2)13-19/h4-10,12-13,20,22-23H,11,14-16H2,1-3H3/t20-/m0/s1. The first kappa shape index (κ1) is 22.2. The second kappa shape index (κ2) is 10.5. The van der Waals surface area contributed by atoms with Crippen molar-refractivity contribution in [2.24, 2.45) is 0 Å². The summed E-state index contributed by atoms with van der Waals surface area (Å²) in [6, 6.07) is 14.5. The molecule has 1 atom stereocenters. The van der Waals surface area contributed by atoms with Gasteiger partial charge in [0.15, 0.2) is 0 Å². The smallest absolute Gasteiger partial charge is 0.240 e. The largest absolute Gasteiger partial charge is 0.311 e. The van der Waals surface area contributed by atoms with Crippen molar-refractivity contribution >= 4 is 16.3 Å². The lowest BCUT2D eigenvalue weighted by Crippen LogP contribution is -2.48. The highest BCUT2D eigenvalue weighted by atomic mass is 32.2. The van der Waals surface area contributed by atoms with Gasteiger partial charge in [0, 0.05) is 25.7 Å². The van der Waals surface area contributed by atoms with Crippen LogP contribution >= 0.6 is 0 Å². The molecule has 0 aliphatic heterocycles. The van der Waals surface area contributed by atoms with Crippen LogP contribution in [0.3, 0.4) is 0 Å². The molecule has 0 saturated carbocycles. The monoisotopic (exact) mass is 403 g/mol. The molecule has 0 aliphatic rings. The average Bonchev–Trinajstić information content (AvgIpc) is 2.62. The van der Waals surface area contributed by atoms with Crippen molar-refractivity contribution in [2.75, 3.05) is 26.7 Å². The van der Waals surface area contributed by atoms with E-state index in [1.54, 1.807) is 36.2 Å². The van der Waals surface area contributed by atoms with Gasteiger partial charge in [-0.05, 0) is 38.6 Å². The minimum absolute atomic E-state index is 0.236. The Morgan fingerprint density at radius 3 is 2.43 bits per heavy atom. The van der Waals surface area contributed by atoms with Gasteiger partial charge in [-0.3, -0.25) is 4.90 Å². The van der Waals surface area contributed by atoms with Gasteiger partial charge in [-0.25, -0.2) is 13.1 Å². The Labute approximate surface area is 168 Å². The molecule has 0 aromatic heterocycles. The molecular weight excluding hydrogens is 374 g/mol. The molecule has 2 N–H and O–H groups in total. The van der Waals surface area contributed by atoms with Gasteiger partial charge in [-0.15, -0.1) is 0 Å². The van der Waals surface area contributed by atoms with Crippen LogP contribution in [-0.4, -0.2) is 52.3 Å². The molecule has 0 radical (unpaired) electrons. The van der Waals surface area contributed by atoms with Crippen LogP contribution in [0, 0.1) is 13.8 Å². The number of carbonyl (C=O) groups excluding carboxylic acids is 1. The number of rotatable bonds is 11. The van der Waals surface area contributed by atoms with Crippen LogP contribution in [0.2, 0.25) is 0 Å². The second-order valence-corrected chi connectivity index (χ2v) is 8.85. The lowest BCUT2D eigenvalue weighted by atomic mass is 10.1. The molecule has 2 aromatic carbocycles. The molecule has 2 aromatic rings. The van der Waals surface area contributed by atoms with Crippen LogP contribution in [0.5, 0.6) is 0 Å². The number of likely N-dealkylation sites (N-methyl/N-ethyl adjacent to an activating group) is 1. The van der Waals surface area contributed by atoms with Crippen molar-refractivity contribution in [3.8, 4) is 0 Å². The molecule has 2 rings (SSSR count). The van der Waals surface area contributed by atoms with E-state index in [9.17, 15) is 13.2 Å². The number of sulfonamides is 1. The van der Waals surface area contributed by atoms with Gasteiger partial charge in [0.05, 0.1) is 11.4 Å². The van der Waals surface area contributed by atoms with Crippen LogP contribution in [0.25, 0.3) is 0 Å². The third kappa shape index (κ3) is 7.16. The number of benzene rings is 2. The van der Waals surface area contributed by atoms with Crippen molar-refractivity contribution in [1.82, 2.24) is 14.9 Å². The van der Waals surface area contributed by atoms with Crippen LogP contribution < -0.4 is 10.0 Å². The molecule has 152 valence electrons. The molecule has 0 heterocycles. The van der Waals surface area contributed by atoms with Crippen molar-refractivity contribution in [3.05, 3.63) is 65.2 Å². The number of hydrogen-bond acceptors (Lipinski definition) is 5. The molecule has 0 bridgehead atoms. The maximum atomic E-state index is 12.7. The summed E-state index contributed by atoms with van der Waals surface area (Å²) in [4.78, 5) is 12.8.